The zero-order valence-corrected chi connectivity index (χ0v) is 14.0. The second-order valence-electron chi connectivity index (χ2n) is 5.85. The van der Waals surface area contributed by atoms with Crippen LogP contribution in [0.25, 0.3) is 0 Å². The molecule has 0 aliphatic carbocycles. The lowest BCUT2D eigenvalue weighted by atomic mass is 10.00. The predicted octanol–water partition coefficient (Wildman–Crippen LogP) is 3.25. The molecule has 2 aliphatic rings. The van der Waals surface area contributed by atoms with Gasteiger partial charge in [-0.3, -0.25) is 9.59 Å². The summed E-state index contributed by atoms with van der Waals surface area (Å²) >= 11 is 6.23. The summed E-state index contributed by atoms with van der Waals surface area (Å²) in [6, 6.07) is 8.50. The largest absolute Gasteiger partial charge is 0.486 e. The fourth-order valence-corrected chi connectivity index (χ4v) is 3.08. The standard InChI is InChI=1S/C18H15ClN2O4/c19-12-8-15-16(25-6-5-24-15)9-14(12)21-18(23)11-1-3-13-10(7-11)2-4-17(22)20-13/h1,3,7-9H,2,4-6H2,(H,20,22)(H,21,23). The molecule has 0 unspecified atom stereocenters. The Morgan fingerprint density at radius 1 is 1.08 bits per heavy atom. The molecule has 2 N–H and O–H groups in total. The lowest BCUT2D eigenvalue weighted by Gasteiger charge is -2.20. The number of fused-ring (bicyclic) bond motifs is 2. The minimum Gasteiger partial charge on any atom is -0.486 e. The molecule has 0 saturated heterocycles. The van der Waals surface area contributed by atoms with E-state index in [-0.39, 0.29) is 11.8 Å². The van der Waals surface area contributed by atoms with Gasteiger partial charge in [0, 0.05) is 29.8 Å². The maximum absolute atomic E-state index is 12.6. The summed E-state index contributed by atoms with van der Waals surface area (Å²) in [6.45, 7) is 0.930. The molecular weight excluding hydrogens is 344 g/mol. The molecule has 6 nitrogen and oxygen atoms in total. The van der Waals surface area contributed by atoms with E-state index in [0.717, 1.165) is 11.3 Å². The van der Waals surface area contributed by atoms with Crippen molar-refractivity contribution in [2.45, 2.75) is 12.8 Å². The van der Waals surface area contributed by atoms with Crippen LogP contribution < -0.4 is 20.1 Å². The molecule has 2 amide bonds. The van der Waals surface area contributed by atoms with Crippen molar-refractivity contribution in [2.24, 2.45) is 0 Å². The Morgan fingerprint density at radius 2 is 1.84 bits per heavy atom. The number of rotatable bonds is 2. The summed E-state index contributed by atoms with van der Waals surface area (Å²) < 4.78 is 11.0. The highest BCUT2D eigenvalue weighted by atomic mass is 35.5. The van der Waals surface area contributed by atoms with Gasteiger partial charge in [0.15, 0.2) is 11.5 Å². The van der Waals surface area contributed by atoms with Crippen LogP contribution in [-0.2, 0) is 11.2 Å². The van der Waals surface area contributed by atoms with Gasteiger partial charge in [0.25, 0.3) is 5.91 Å². The third-order valence-corrected chi connectivity index (χ3v) is 4.46. The number of carbonyl (C=O) groups is 2. The van der Waals surface area contributed by atoms with Gasteiger partial charge in [-0.15, -0.1) is 0 Å². The van der Waals surface area contributed by atoms with Gasteiger partial charge in [-0.2, -0.15) is 0 Å². The van der Waals surface area contributed by atoms with Gasteiger partial charge in [-0.25, -0.2) is 0 Å². The zero-order valence-electron chi connectivity index (χ0n) is 13.2. The summed E-state index contributed by atoms with van der Waals surface area (Å²) in [4.78, 5) is 24.0. The van der Waals surface area contributed by atoms with E-state index in [1.54, 1.807) is 30.3 Å². The Balaban J connectivity index is 1.57. The van der Waals surface area contributed by atoms with Crippen LogP contribution in [0.1, 0.15) is 22.3 Å². The smallest absolute Gasteiger partial charge is 0.255 e. The normalized spacial score (nSPS) is 15.2. The Kier molecular flexibility index (Phi) is 3.97. The molecule has 0 spiro atoms. The van der Waals surface area contributed by atoms with Crippen LogP contribution in [-0.4, -0.2) is 25.0 Å². The number of anilines is 2. The predicted molar refractivity (Wildman–Crippen MR) is 93.8 cm³/mol. The maximum Gasteiger partial charge on any atom is 0.255 e. The summed E-state index contributed by atoms with van der Waals surface area (Å²) in [5, 5.41) is 5.97. The lowest BCUT2D eigenvalue weighted by Crippen LogP contribution is -2.20. The molecule has 0 aromatic heterocycles. The first-order valence-corrected chi connectivity index (χ1v) is 8.31. The minimum absolute atomic E-state index is 0.00670. The van der Waals surface area contributed by atoms with E-state index in [2.05, 4.69) is 10.6 Å². The number of hydrogen-bond donors (Lipinski definition) is 2. The third-order valence-electron chi connectivity index (χ3n) is 4.14. The molecule has 2 heterocycles. The summed E-state index contributed by atoms with van der Waals surface area (Å²) in [5.74, 6) is 0.837. The number of aryl methyl sites for hydroxylation is 1. The number of amides is 2. The van der Waals surface area contributed by atoms with Crippen LogP contribution in [0.15, 0.2) is 30.3 Å². The van der Waals surface area contributed by atoms with Crippen molar-refractivity contribution in [1.82, 2.24) is 0 Å². The van der Waals surface area contributed by atoms with Crippen LogP contribution in [0, 0.1) is 0 Å². The minimum atomic E-state index is -0.279. The molecule has 7 heteroatoms. The van der Waals surface area contributed by atoms with E-state index >= 15 is 0 Å². The maximum atomic E-state index is 12.6. The fourth-order valence-electron chi connectivity index (χ4n) is 2.88. The number of ether oxygens (including phenoxy) is 2. The number of hydrogen-bond acceptors (Lipinski definition) is 4. The molecule has 0 atom stereocenters. The van der Waals surface area contributed by atoms with Crippen molar-refractivity contribution in [2.75, 3.05) is 23.8 Å². The first-order chi connectivity index (χ1) is 12.1. The van der Waals surface area contributed by atoms with Gasteiger partial charge in [0.1, 0.15) is 13.2 Å². The zero-order chi connectivity index (χ0) is 17.4. The van der Waals surface area contributed by atoms with Crippen LogP contribution in [0.4, 0.5) is 11.4 Å². The second-order valence-corrected chi connectivity index (χ2v) is 6.26. The molecule has 2 aromatic rings. The van der Waals surface area contributed by atoms with Gasteiger partial charge in [-0.1, -0.05) is 11.6 Å². The average Bonchev–Trinajstić information content (AvgIpc) is 2.61. The van der Waals surface area contributed by atoms with Crippen LogP contribution >= 0.6 is 11.6 Å². The number of benzene rings is 2. The molecule has 0 fully saturated rings. The number of nitrogens with one attached hydrogen (secondary N) is 2. The molecule has 2 aromatic carbocycles. The van der Waals surface area contributed by atoms with Gasteiger partial charge in [0.2, 0.25) is 5.91 Å². The molecule has 25 heavy (non-hydrogen) atoms. The molecule has 2 aliphatic heterocycles. The SMILES string of the molecule is O=C1CCc2cc(C(=O)Nc3cc4c(cc3Cl)OCCO4)ccc2N1. The molecule has 0 bridgehead atoms. The summed E-state index contributed by atoms with van der Waals surface area (Å²) in [6.07, 6.45) is 1.04. The Bertz CT molecular complexity index is 882. The van der Waals surface area contributed by atoms with Crippen molar-refractivity contribution < 1.29 is 19.1 Å². The first-order valence-electron chi connectivity index (χ1n) is 7.93. The molecule has 128 valence electrons. The van der Waals surface area contributed by atoms with E-state index in [1.807, 2.05) is 0 Å². The number of halogens is 1. The molecule has 4 rings (SSSR count). The molecule has 0 radical (unpaired) electrons. The van der Waals surface area contributed by atoms with Crippen molar-refractivity contribution in [3.05, 3.63) is 46.5 Å². The molecule has 0 saturated carbocycles. The van der Waals surface area contributed by atoms with E-state index in [0.29, 0.717) is 53.8 Å². The van der Waals surface area contributed by atoms with E-state index in [4.69, 9.17) is 21.1 Å². The highest BCUT2D eigenvalue weighted by Crippen LogP contribution is 2.38. The van der Waals surface area contributed by atoms with E-state index < -0.39 is 0 Å². The number of carbonyl (C=O) groups excluding carboxylic acids is 2. The lowest BCUT2D eigenvalue weighted by molar-refractivity contribution is -0.116. The molecular formula is C18H15ClN2O4. The van der Waals surface area contributed by atoms with Crippen LogP contribution in [0.3, 0.4) is 0 Å². The monoisotopic (exact) mass is 358 g/mol. The van der Waals surface area contributed by atoms with Crippen molar-refractivity contribution >= 4 is 34.8 Å². The van der Waals surface area contributed by atoms with Gasteiger partial charge < -0.3 is 20.1 Å². The Labute approximate surface area is 149 Å². The van der Waals surface area contributed by atoms with Crippen molar-refractivity contribution in [1.29, 1.82) is 0 Å². The van der Waals surface area contributed by atoms with Crippen molar-refractivity contribution in [3.63, 3.8) is 0 Å². The first kappa shape index (κ1) is 15.8. The van der Waals surface area contributed by atoms with Gasteiger partial charge >= 0.3 is 0 Å². The second kappa shape index (κ2) is 6.29. The highest BCUT2D eigenvalue weighted by molar-refractivity contribution is 6.34. The average molecular weight is 359 g/mol. The third kappa shape index (κ3) is 3.13. The summed E-state index contributed by atoms with van der Waals surface area (Å²) in [7, 11) is 0. The summed E-state index contributed by atoms with van der Waals surface area (Å²) in [5.41, 5.74) is 2.66. The van der Waals surface area contributed by atoms with E-state index in [1.165, 1.54) is 0 Å². The van der Waals surface area contributed by atoms with E-state index in [9.17, 15) is 9.59 Å². The van der Waals surface area contributed by atoms with Crippen LogP contribution in [0.5, 0.6) is 11.5 Å². The quantitative estimate of drug-likeness (QED) is 0.864. The Hall–Kier alpha value is -2.73. The van der Waals surface area contributed by atoms with Crippen LogP contribution in [0.2, 0.25) is 5.02 Å². The topological polar surface area (TPSA) is 76.7 Å². The van der Waals surface area contributed by atoms with Crippen molar-refractivity contribution in [3.8, 4) is 11.5 Å². The van der Waals surface area contributed by atoms with Gasteiger partial charge in [0.05, 0.1) is 10.7 Å². The Morgan fingerprint density at radius 3 is 2.64 bits per heavy atom. The highest BCUT2D eigenvalue weighted by Gasteiger charge is 2.19. The van der Waals surface area contributed by atoms with Gasteiger partial charge in [-0.05, 0) is 30.2 Å². The fraction of sp³-hybridized carbons (Fsp3) is 0.222.